The molecule has 166 valence electrons. The lowest BCUT2D eigenvalue weighted by Crippen LogP contribution is -2.47. The lowest BCUT2D eigenvalue weighted by atomic mass is 10.2. The van der Waals surface area contributed by atoms with Gasteiger partial charge in [-0.3, -0.25) is 4.90 Å². The molecule has 1 fully saturated rings. The summed E-state index contributed by atoms with van der Waals surface area (Å²) in [5.74, 6) is 1.22. The third kappa shape index (κ3) is 3.96. The van der Waals surface area contributed by atoms with Crippen molar-refractivity contribution in [2.45, 2.75) is 19.9 Å². The van der Waals surface area contributed by atoms with Gasteiger partial charge in [0, 0.05) is 50.3 Å². The van der Waals surface area contributed by atoms with Crippen molar-refractivity contribution in [2.75, 3.05) is 49.5 Å². The van der Waals surface area contributed by atoms with E-state index in [0.717, 1.165) is 60.3 Å². The number of anilines is 3. The summed E-state index contributed by atoms with van der Waals surface area (Å²) in [6, 6.07) is 8.34. The average molecular weight is 433 g/mol. The Hall–Kier alpha value is -3.30. The lowest BCUT2D eigenvalue weighted by molar-refractivity contribution is 0.189. The third-order valence-electron chi connectivity index (χ3n) is 5.98. The van der Waals surface area contributed by atoms with Crippen LogP contribution in [0.25, 0.3) is 21.9 Å². The molecule has 3 aromatic heterocycles. The molecule has 0 bridgehead atoms. The van der Waals surface area contributed by atoms with Crippen LogP contribution >= 0.6 is 0 Å². The highest BCUT2D eigenvalue weighted by atomic mass is 16.3. The van der Waals surface area contributed by atoms with Crippen LogP contribution in [0.15, 0.2) is 43.0 Å². The van der Waals surface area contributed by atoms with E-state index in [1.54, 1.807) is 0 Å². The van der Waals surface area contributed by atoms with E-state index in [2.05, 4.69) is 54.5 Å². The van der Waals surface area contributed by atoms with Crippen LogP contribution < -0.4 is 10.2 Å². The number of fused-ring (bicyclic) bond motifs is 3. The molecule has 1 saturated heterocycles. The van der Waals surface area contributed by atoms with E-state index in [1.165, 1.54) is 0 Å². The second kappa shape index (κ2) is 8.68. The fraction of sp³-hybridized carbons (Fsp3) is 0.391. The topological polar surface area (TPSA) is 95.2 Å². The zero-order valence-electron chi connectivity index (χ0n) is 18.4. The molecule has 4 heterocycles. The van der Waals surface area contributed by atoms with Gasteiger partial charge in [-0.15, -0.1) is 0 Å². The second-order valence-corrected chi connectivity index (χ2v) is 8.39. The van der Waals surface area contributed by atoms with Crippen LogP contribution in [0.1, 0.15) is 19.9 Å². The minimum atomic E-state index is 0.212. The number of rotatable bonds is 6. The minimum absolute atomic E-state index is 0.212. The molecule has 0 atom stereocenters. The normalized spacial score (nSPS) is 15.2. The minimum Gasteiger partial charge on any atom is -0.395 e. The Morgan fingerprint density at radius 2 is 1.84 bits per heavy atom. The summed E-state index contributed by atoms with van der Waals surface area (Å²) in [4.78, 5) is 23.0. The maximum Gasteiger partial charge on any atom is 0.228 e. The number of nitrogens with zero attached hydrogens (tertiary/aromatic N) is 7. The first-order valence-corrected chi connectivity index (χ1v) is 11.1. The molecule has 0 saturated carbocycles. The molecule has 1 aromatic carbocycles. The van der Waals surface area contributed by atoms with Gasteiger partial charge in [0.25, 0.3) is 0 Å². The fourth-order valence-corrected chi connectivity index (χ4v) is 4.20. The van der Waals surface area contributed by atoms with Crippen LogP contribution in [0, 0.1) is 0 Å². The summed E-state index contributed by atoms with van der Waals surface area (Å²) in [6.45, 7) is 9.00. The quantitative estimate of drug-likeness (QED) is 0.480. The van der Waals surface area contributed by atoms with Crippen molar-refractivity contribution < 1.29 is 5.11 Å². The van der Waals surface area contributed by atoms with Crippen molar-refractivity contribution in [2.24, 2.45) is 0 Å². The number of hydrogen-bond donors (Lipinski definition) is 2. The SMILES string of the molecule is CC(C)n1cnc2ccc3cnc(Nc4ccc(N5CCN(CCO)CC5)cn4)nc3c21. The van der Waals surface area contributed by atoms with Gasteiger partial charge in [0.2, 0.25) is 5.95 Å². The smallest absolute Gasteiger partial charge is 0.228 e. The molecule has 4 aromatic rings. The monoisotopic (exact) mass is 432 g/mol. The number of piperazine rings is 1. The molecule has 2 N–H and O–H groups in total. The number of imidazole rings is 1. The second-order valence-electron chi connectivity index (χ2n) is 8.39. The molecule has 1 aliphatic rings. The summed E-state index contributed by atoms with van der Waals surface area (Å²) in [6.07, 6.45) is 5.59. The number of pyridine rings is 1. The van der Waals surface area contributed by atoms with Crippen LogP contribution in [-0.2, 0) is 0 Å². The van der Waals surface area contributed by atoms with Crippen molar-refractivity contribution in [3.05, 3.63) is 43.0 Å². The van der Waals surface area contributed by atoms with Gasteiger partial charge in [-0.1, -0.05) is 0 Å². The molecule has 0 amide bonds. The number of aromatic nitrogens is 5. The number of aliphatic hydroxyl groups is 1. The lowest BCUT2D eigenvalue weighted by Gasteiger charge is -2.35. The van der Waals surface area contributed by atoms with Crippen molar-refractivity contribution in [1.82, 2.24) is 29.4 Å². The zero-order valence-corrected chi connectivity index (χ0v) is 18.4. The Morgan fingerprint density at radius 3 is 2.56 bits per heavy atom. The third-order valence-corrected chi connectivity index (χ3v) is 5.98. The molecule has 0 unspecified atom stereocenters. The highest BCUT2D eigenvalue weighted by Gasteiger charge is 2.17. The molecular formula is C23H28N8O. The summed E-state index contributed by atoms with van der Waals surface area (Å²) in [7, 11) is 0. The molecule has 5 rings (SSSR count). The summed E-state index contributed by atoms with van der Waals surface area (Å²) in [5, 5.41) is 13.3. The summed E-state index contributed by atoms with van der Waals surface area (Å²) in [5.41, 5.74) is 3.92. The van der Waals surface area contributed by atoms with E-state index in [1.807, 2.05) is 36.9 Å². The van der Waals surface area contributed by atoms with Gasteiger partial charge in [-0.25, -0.2) is 19.9 Å². The fourth-order valence-electron chi connectivity index (χ4n) is 4.20. The van der Waals surface area contributed by atoms with Crippen molar-refractivity contribution in [3.8, 4) is 0 Å². The Kier molecular flexibility index (Phi) is 5.59. The number of nitrogens with one attached hydrogen (secondary N) is 1. The van der Waals surface area contributed by atoms with Gasteiger partial charge in [0.05, 0.1) is 35.9 Å². The Bertz CT molecular complexity index is 1210. The Labute approximate surface area is 186 Å². The standard InChI is InChI=1S/C23H28N8O/c1-16(2)31-15-26-19-5-3-17-13-25-23(28-21(17)22(19)31)27-20-6-4-18(14-24-20)30-9-7-29(8-10-30)11-12-32/h3-6,13-16,32H,7-12H2,1-2H3,(H,24,25,27,28). The predicted octanol–water partition coefficient (Wildman–Crippen LogP) is 2.81. The van der Waals surface area contributed by atoms with E-state index in [-0.39, 0.29) is 12.6 Å². The highest BCUT2D eigenvalue weighted by molar-refractivity contribution is 6.02. The van der Waals surface area contributed by atoms with Crippen molar-refractivity contribution in [1.29, 1.82) is 0 Å². The molecule has 0 aliphatic carbocycles. The highest BCUT2D eigenvalue weighted by Crippen LogP contribution is 2.26. The molecular weight excluding hydrogens is 404 g/mol. The molecule has 1 aliphatic heterocycles. The first-order valence-electron chi connectivity index (χ1n) is 11.1. The molecule has 0 radical (unpaired) electrons. The number of β-amino-alcohol motifs (C(OH)–C–C–N with tert-alkyl or cyclic N) is 1. The van der Waals surface area contributed by atoms with Crippen LogP contribution in [0.4, 0.5) is 17.5 Å². The molecule has 9 nitrogen and oxygen atoms in total. The predicted molar refractivity (Wildman–Crippen MR) is 126 cm³/mol. The van der Waals surface area contributed by atoms with Crippen LogP contribution in [0.5, 0.6) is 0 Å². The average Bonchev–Trinajstić information content (AvgIpc) is 3.26. The Morgan fingerprint density at radius 1 is 1.00 bits per heavy atom. The van der Waals surface area contributed by atoms with Crippen molar-refractivity contribution >= 4 is 39.4 Å². The van der Waals surface area contributed by atoms with Gasteiger partial charge >= 0.3 is 0 Å². The van der Waals surface area contributed by atoms with Crippen LogP contribution in [0.2, 0.25) is 0 Å². The first kappa shape index (κ1) is 20.6. The Balaban J connectivity index is 1.35. The number of aliphatic hydroxyl groups excluding tert-OH is 1. The van der Waals surface area contributed by atoms with Crippen LogP contribution in [0.3, 0.4) is 0 Å². The van der Waals surface area contributed by atoms with E-state index in [9.17, 15) is 0 Å². The van der Waals surface area contributed by atoms with E-state index >= 15 is 0 Å². The molecule has 32 heavy (non-hydrogen) atoms. The molecule has 0 spiro atoms. The van der Waals surface area contributed by atoms with Gasteiger partial charge in [0.1, 0.15) is 11.3 Å². The van der Waals surface area contributed by atoms with E-state index in [0.29, 0.717) is 11.8 Å². The maximum absolute atomic E-state index is 9.10. The van der Waals surface area contributed by atoms with E-state index < -0.39 is 0 Å². The van der Waals surface area contributed by atoms with Crippen molar-refractivity contribution in [3.63, 3.8) is 0 Å². The zero-order chi connectivity index (χ0) is 22.1. The first-order chi connectivity index (χ1) is 15.6. The number of benzene rings is 1. The summed E-state index contributed by atoms with van der Waals surface area (Å²) >= 11 is 0. The van der Waals surface area contributed by atoms with Crippen LogP contribution in [-0.4, -0.2) is 73.8 Å². The largest absolute Gasteiger partial charge is 0.395 e. The van der Waals surface area contributed by atoms with Gasteiger partial charge in [-0.2, -0.15) is 0 Å². The van der Waals surface area contributed by atoms with E-state index in [4.69, 9.17) is 10.1 Å². The maximum atomic E-state index is 9.10. The van der Waals surface area contributed by atoms with Gasteiger partial charge in [0.15, 0.2) is 0 Å². The van der Waals surface area contributed by atoms with Gasteiger partial charge < -0.3 is 19.9 Å². The van der Waals surface area contributed by atoms with Gasteiger partial charge in [-0.05, 0) is 38.1 Å². The number of hydrogen-bond acceptors (Lipinski definition) is 8. The molecule has 9 heteroatoms. The summed E-state index contributed by atoms with van der Waals surface area (Å²) < 4.78 is 2.14.